The number of hydrogen-bond donors (Lipinski definition) is 7. The van der Waals surface area contributed by atoms with Crippen molar-refractivity contribution in [3.05, 3.63) is 12.7 Å². The maximum absolute atomic E-state index is 11.4. The molecule has 0 aliphatic heterocycles. The predicted molar refractivity (Wildman–Crippen MR) is 67.3 cm³/mol. The average Bonchev–Trinajstić information content (AvgIpc) is 2.47. The molecule has 20 heavy (non-hydrogen) atoms. The molecular formula is C11H20N2O7. The molecule has 2 amide bonds. The van der Waals surface area contributed by atoms with E-state index < -0.39 is 42.8 Å². The van der Waals surface area contributed by atoms with Crippen molar-refractivity contribution in [3.63, 3.8) is 0 Å². The van der Waals surface area contributed by atoms with Crippen molar-refractivity contribution in [1.82, 2.24) is 10.6 Å². The van der Waals surface area contributed by atoms with Crippen molar-refractivity contribution >= 4 is 11.8 Å². The molecule has 0 unspecified atom stereocenters. The number of nitrogens with one attached hydrogen (secondary N) is 2. The van der Waals surface area contributed by atoms with Crippen LogP contribution in [0.1, 0.15) is 0 Å². The van der Waals surface area contributed by atoms with Crippen LogP contribution in [0.25, 0.3) is 0 Å². The first kappa shape index (κ1) is 18.5. The standard InChI is InChI=1S/C11H20N2O7/c1-2-7(16)12-3-4-13-11(20)10(19)9(18)8(17)6(15)5-14/h2,6,8-10,14-15,17-19H,1,3-5H2,(H,12,16)(H,13,20)/t6-,8-,9+,10-/m1/s1. The summed E-state index contributed by atoms with van der Waals surface area (Å²) in [7, 11) is 0. The van der Waals surface area contributed by atoms with E-state index in [1.165, 1.54) is 0 Å². The van der Waals surface area contributed by atoms with Crippen LogP contribution in [0.15, 0.2) is 12.7 Å². The highest BCUT2D eigenvalue weighted by atomic mass is 16.4. The lowest BCUT2D eigenvalue weighted by molar-refractivity contribution is -0.148. The summed E-state index contributed by atoms with van der Waals surface area (Å²) in [5, 5.41) is 50.4. The van der Waals surface area contributed by atoms with Crippen LogP contribution in [0, 0.1) is 0 Å². The fourth-order valence-electron chi connectivity index (χ4n) is 1.23. The van der Waals surface area contributed by atoms with Gasteiger partial charge < -0.3 is 36.2 Å². The molecule has 0 aromatic carbocycles. The summed E-state index contributed by atoms with van der Waals surface area (Å²) in [4.78, 5) is 22.2. The lowest BCUT2D eigenvalue weighted by Crippen LogP contribution is -2.52. The van der Waals surface area contributed by atoms with Gasteiger partial charge in [-0.2, -0.15) is 0 Å². The molecule has 9 heteroatoms. The van der Waals surface area contributed by atoms with E-state index >= 15 is 0 Å². The van der Waals surface area contributed by atoms with Crippen molar-refractivity contribution < 1.29 is 35.1 Å². The van der Waals surface area contributed by atoms with Crippen LogP contribution >= 0.6 is 0 Å². The van der Waals surface area contributed by atoms with Crippen molar-refractivity contribution in [2.75, 3.05) is 19.7 Å². The second-order valence-corrected chi connectivity index (χ2v) is 3.96. The van der Waals surface area contributed by atoms with E-state index in [4.69, 9.17) is 10.2 Å². The monoisotopic (exact) mass is 292 g/mol. The van der Waals surface area contributed by atoms with Gasteiger partial charge in [-0.05, 0) is 6.08 Å². The molecule has 0 aliphatic carbocycles. The fraction of sp³-hybridized carbons (Fsp3) is 0.636. The third-order valence-electron chi connectivity index (χ3n) is 2.43. The third kappa shape index (κ3) is 6.08. The van der Waals surface area contributed by atoms with E-state index in [9.17, 15) is 24.9 Å². The van der Waals surface area contributed by atoms with E-state index in [0.717, 1.165) is 6.08 Å². The molecule has 116 valence electrons. The van der Waals surface area contributed by atoms with Crippen molar-refractivity contribution in [1.29, 1.82) is 0 Å². The highest BCUT2D eigenvalue weighted by Crippen LogP contribution is 2.05. The lowest BCUT2D eigenvalue weighted by Gasteiger charge is -2.24. The first-order valence-corrected chi connectivity index (χ1v) is 5.86. The van der Waals surface area contributed by atoms with E-state index in [-0.39, 0.29) is 13.1 Å². The minimum Gasteiger partial charge on any atom is -0.394 e. The van der Waals surface area contributed by atoms with E-state index in [0.29, 0.717) is 0 Å². The number of rotatable bonds is 9. The molecule has 4 atom stereocenters. The second-order valence-electron chi connectivity index (χ2n) is 3.96. The SMILES string of the molecule is C=CC(=O)NCCNC(=O)[C@H](O)[C@@H](O)[C@H](O)[C@H](O)CO. The Morgan fingerprint density at radius 1 is 1.05 bits per heavy atom. The third-order valence-corrected chi connectivity index (χ3v) is 2.43. The smallest absolute Gasteiger partial charge is 0.251 e. The molecule has 0 radical (unpaired) electrons. The Morgan fingerprint density at radius 3 is 2.10 bits per heavy atom. The normalized spacial score (nSPS) is 16.6. The largest absolute Gasteiger partial charge is 0.394 e. The molecule has 0 rings (SSSR count). The first-order chi connectivity index (χ1) is 9.34. The van der Waals surface area contributed by atoms with Crippen LogP contribution in [0.4, 0.5) is 0 Å². The molecule has 7 N–H and O–H groups in total. The summed E-state index contributed by atoms with van der Waals surface area (Å²) in [6, 6.07) is 0. The van der Waals surface area contributed by atoms with Gasteiger partial charge in [0.25, 0.3) is 5.91 Å². The summed E-state index contributed by atoms with van der Waals surface area (Å²) in [6.07, 6.45) is -6.45. The quantitative estimate of drug-likeness (QED) is 0.168. The molecule has 0 heterocycles. The zero-order valence-corrected chi connectivity index (χ0v) is 10.8. The molecule has 0 fully saturated rings. The van der Waals surface area contributed by atoms with Gasteiger partial charge in [-0.1, -0.05) is 6.58 Å². The molecule has 0 saturated heterocycles. The summed E-state index contributed by atoms with van der Waals surface area (Å²) < 4.78 is 0. The van der Waals surface area contributed by atoms with Crippen LogP contribution < -0.4 is 10.6 Å². The molecule has 0 saturated carbocycles. The maximum atomic E-state index is 11.4. The Balaban J connectivity index is 4.14. The summed E-state index contributed by atoms with van der Waals surface area (Å²) >= 11 is 0. The number of carbonyl (C=O) groups excluding carboxylic acids is 2. The fourth-order valence-corrected chi connectivity index (χ4v) is 1.23. The Labute approximate surface area is 115 Å². The molecule has 0 aliphatic rings. The predicted octanol–water partition coefficient (Wildman–Crippen LogP) is -4.16. The lowest BCUT2D eigenvalue weighted by atomic mass is 10.0. The highest BCUT2D eigenvalue weighted by Gasteiger charge is 2.33. The van der Waals surface area contributed by atoms with Gasteiger partial charge in [0.05, 0.1) is 6.61 Å². The van der Waals surface area contributed by atoms with Gasteiger partial charge in [-0.15, -0.1) is 0 Å². The summed E-state index contributed by atoms with van der Waals surface area (Å²) in [5.74, 6) is -1.42. The zero-order valence-electron chi connectivity index (χ0n) is 10.8. The van der Waals surface area contributed by atoms with Gasteiger partial charge in [0.1, 0.15) is 18.3 Å². The number of hydrogen-bond acceptors (Lipinski definition) is 7. The topological polar surface area (TPSA) is 159 Å². The Bertz CT molecular complexity index is 337. The van der Waals surface area contributed by atoms with Crippen molar-refractivity contribution in [2.24, 2.45) is 0 Å². The van der Waals surface area contributed by atoms with Crippen LogP contribution in [0.5, 0.6) is 0 Å². The molecule has 0 aromatic heterocycles. The van der Waals surface area contributed by atoms with Gasteiger partial charge in [-0.3, -0.25) is 9.59 Å². The maximum Gasteiger partial charge on any atom is 0.251 e. The Hall–Kier alpha value is -1.52. The molecule has 9 nitrogen and oxygen atoms in total. The van der Waals surface area contributed by atoms with E-state index in [1.807, 2.05) is 0 Å². The Kier molecular flexibility index (Phi) is 8.68. The van der Waals surface area contributed by atoms with Crippen LogP contribution in [0.2, 0.25) is 0 Å². The van der Waals surface area contributed by atoms with Gasteiger partial charge >= 0.3 is 0 Å². The minimum atomic E-state index is -1.98. The molecule has 0 aromatic rings. The Morgan fingerprint density at radius 2 is 1.60 bits per heavy atom. The van der Waals surface area contributed by atoms with E-state index in [1.54, 1.807) is 0 Å². The number of carbonyl (C=O) groups is 2. The molecule has 0 spiro atoms. The van der Waals surface area contributed by atoms with Crippen LogP contribution in [-0.2, 0) is 9.59 Å². The van der Waals surface area contributed by atoms with Crippen LogP contribution in [0.3, 0.4) is 0 Å². The molecule has 0 bridgehead atoms. The van der Waals surface area contributed by atoms with Gasteiger partial charge in [0.15, 0.2) is 6.10 Å². The van der Waals surface area contributed by atoms with Gasteiger partial charge in [0.2, 0.25) is 5.91 Å². The highest BCUT2D eigenvalue weighted by molar-refractivity contribution is 5.86. The van der Waals surface area contributed by atoms with E-state index in [2.05, 4.69) is 17.2 Å². The van der Waals surface area contributed by atoms with Crippen molar-refractivity contribution in [3.8, 4) is 0 Å². The summed E-state index contributed by atoms with van der Waals surface area (Å²) in [6.45, 7) is 2.46. The average molecular weight is 292 g/mol. The van der Waals surface area contributed by atoms with Gasteiger partial charge in [-0.25, -0.2) is 0 Å². The zero-order chi connectivity index (χ0) is 15.7. The number of aliphatic hydroxyl groups is 5. The minimum absolute atomic E-state index is 0.0131. The summed E-state index contributed by atoms with van der Waals surface area (Å²) in [5.41, 5.74) is 0. The van der Waals surface area contributed by atoms with Crippen LogP contribution in [-0.4, -0.2) is 81.5 Å². The number of amides is 2. The van der Waals surface area contributed by atoms with Gasteiger partial charge in [0, 0.05) is 13.1 Å². The number of aliphatic hydroxyl groups excluding tert-OH is 5. The van der Waals surface area contributed by atoms with Crippen molar-refractivity contribution in [2.45, 2.75) is 24.4 Å². The molecular weight excluding hydrogens is 272 g/mol. The second kappa shape index (κ2) is 9.39. The first-order valence-electron chi connectivity index (χ1n) is 5.86.